The molecule has 1 heterocycles. The van der Waals surface area contributed by atoms with E-state index >= 15 is 0 Å². The van der Waals surface area contributed by atoms with Crippen molar-refractivity contribution in [3.8, 4) is 0 Å². The van der Waals surface area contributed by atoms with Crippen LogP contribution in [0.1, 0.15) is 62.5 Å². The van der Waals surface area contributed by atoms with Crippen LogP contribution in [0.15, 0.2) is 84.5 Å². The van der Waals surface area contributed by atoms with Gasteiger partial charge in [0.2, 0.25) is 0 Å². The standard InChI is InChI=1S/C37H43NO5/c1-22-15-16-35(2)26(17-22)13-14-28-29-19-32-37(31(41)21-39,36(29,3)20-30(40)33(28)35)43-34(42-32)25-11-9-23(10-12-25)7-8-24-5-4-6-27(38)18-24/h4-6,9-12,15-18,28-30,32-34,39-40H,1,7-8,13-14,19-21,38H2,2-3H3/t28-,29-,30-,32+,33+,34-,35-,36-,37+/m0/s1. The van der Waals surface area contributed by atoms with E-state index in [0.717, 1.165) is 42.5 Å². The number of carbonyl (C=O) groups is 1. The van der Waals surface area contributed by atoms with Crippen molar-refractivity contribution in [2.24, 2.45) is 28.6 Å². The fourth-order valence-electron chi connectivity index (χ4n) is 9.79. The molecule has 0 aromatic heterocycles. The number of carbonyl (C=O) groups excluding carboxylic acids is 1. The normalized spacial score (nSPS) is 39.4. The Morgan fingerprint density at radius 1 is 1.12 bits per heavy atom. The molecular weight excluding hydrogens is 538 g/mol. The smallest absolute Gasteiger partial charge is 0.193 e. The highest BCUT2D eigenvalue weighted by Gasteiger charge is 2.75. The lowest BCUT2D eigenvalue weighted by Crippen LogP contribution is -2.63. The summed E-state index contributed by atoms with van der Waals surface area (Å²) in [6.45, 7) is 7.87. The number of nitrogen functional groups attached to an aromatic ring is 1. The molecule has 2 aromatic carbocycles. The van der Waals surface area contributed by atoms with E-state index in [1.165, 1.54) is 16.7 Å². The molecule has 0 spiro atoms. The molecule has 6 nitrogen and oxygen atoms in total. The van der Waals surface area contributed by atoms with Gasteiger partial charge in [0.1, 0.15) is 6.61 Å². The molecule has 2 aromatic rings. The molecular formula is C37H43NO5. The fraction of sp³-hybridized carbons (Fsp3) is 0.486. The number of Topliss-reactive ketones (excluding diaryl/α,β-unsaturated/α-hetero) is 1. The third-order valence-corrected chi connectivity index (χ3v) is 11.8. The Balaban J connectivity index is 1.14. The number of allylic oxidation sites excluding steroid dienone is 5. The second-order valence-electron chi connectivity index (χ2n) is 14.0. The summed E-state index contributed by atoms with van der Waals surface area (Å²) >= 11 is 0. The van der Waals surface area contributed by atoms with Crippen molar-refractivity contribution in [3.63, 3.8) is 0 Å². The summed E-state index contributed by atoms with van der Waals surface area (Å²) in [4.78, 5) is 13.8. The molecule has 0 bridgehead atoms. The molecule has 4 N–H and O–H groups in total. The fourth-order valence-corrected chi connectivity index (χ4v) is 9.79. The van der Waals surface area contributed by atoms with Crippen molar-refractivity contribution in [1.82, 2.24) is 0 Å². The van der Waals surface area contributed by atoms with Gasteiger partial charge in [-0.25, -0.2) is 0 Å². The molecule has 4 aliphatic carbocycles. The van der Waals surface area contributed by atoms with E-state index in [1.807, 2.05) is 30.3 Å². The Morgan fingerprint density at radius 2 is 1.88 bits per heavy atom. The minimum atomic E-state index is -1.30. The highest BCUT2D eigenvalue weighted by molar-refractivity contribution is 5.91. The number of ether oxygens (including phenoxy) is 2. The Morgan fingerprint density at radius 3 is 2.63 bits per heavy atom. The van der Waals surface area contributed by atoms with Crippen LogP contribution in [0.25, 0.3) is 0 Å². The van der Waals surface area contributed by atoms with Crippen molar-refractivity contribution >= 4 is 11.5 Å². The van der Waals surface area contributed by atoms with Crippen molar-refractivity contribution in [1.29, 1.82) is 0 Å². The molecule has 43 heavy (non-hydrogen) atoms. The van der Waals surface area contributed by atoms with Gasteiger partial charge in [-0.2, -0.15) is 0 Å². The Hall–Kier alpha value is -3.03. The summed E-state index contributed by atoms with van der Waals surface area (Å²) in [5, 5.41) is 22.1. The summed E-state index contributed by atoms with van der Waals surface area (Å²) in [6, 6.07) is 16.2. The molecule has 5 aliphatic rings. The van der Waals surface area contributed by atoms with Gasteiger partial charge in [0, 0.05) is 28.0 Å². The van der Waals surface area contributed by atoms with E-state index < -0.39 is 36.1 Å². The van der Waals surface area contributed by atoms with Crippen LogP contribution >= 0.6 is 0 Å². The number of rotatable bonds is 6. The van der Waals surface area contributed by atoms with E-state index in [2.05, 4.69) is 56.9 Å². The number of anilines is 1. The van der Waals surface area contributed by atoms with E-state index in [-0.39, 0.29) is 29.0 Å². The first-order valence-electron chi connectivity index (χ1n) is 15.8. The van der Waals surface area contributed by atoms with E-state index in [9.17, 15) is 15.0 Å². The predicted octanol–water partition coefficient (Wildman–Crippen LogP) is 5.64. The first-order valence-corrected chi connectivity index (χ1v) is 15.8. The molecule has 3 saturated carbocycles. The lowest BCUT2D eigenvalue weighted by Gasteiger charge is -2.59. The topological polar surface area (TPSA) is 102 Å². The molecule has 7 rings (SSSR count). The van der Waals surface area contributed by atoms with Gasteiger partial charge >= 0.3 is 0 Å². The maximum absolute atomic E-state index is 13.8. The van der Waals surface area contributed by atoms with E-state index in [0.29, 0.717) is 12.8 Å². The Labute approximate surface area is 254 Å². The molecule has 9 atom stereocenters. The second kappa shape index (κ2) is 10.3. The van der Waals surface area contributed by atoms with Crippen LogP contribution in [-0.2, 0) is 27.1 Å². The van der Waals surface area contributed by atoms with Crippen molar-refractivity contribution in [3.05, 3.63) is 101 Å². The second-order valence-corrected chi connectivity index (χ2v) is 14.0. The highest BCUT2D eigenvalue weighted by atomic mass is 16.7. The van der Waals surface area contributed by atoms with Gasteiger partial charge in [-0.05, 0) is 79.2 Å². The van der Waals surface area contributed by atoms with Crippen LogP contribution in [-0.4, -0.2) is 40.4 Å². The number of benzene rings is 2. The van der Waals surface area contributed by atoms with Gasteiger partial charge < -0.3 is 25.4 Å². The van der Waals surface area contributed by atoms with Gasteiger partial charge in [0.25, 0.3) is 0 Å². The number of fused-ring (bicyclic) bond motifs is 7. The first kappa shape index (κ1) is 28.7. The lowest BCUT2D eigenvalue weighted by molar-refractivity contribution is -0.201. The number of hydrogen-bond acceptors (Lipinski definition) is 6. The van der Waals surface area contributed by atoms with Gasteiger partial charge in [-0.3, -0.25) is 4.79 Å². The van der Waals surface area contributed by atoms with Crippen LogP contribution < -0.4 is 5.73 Å². The summed E-state index contributed by atoms with van der Waals surface area (Å²) in [5.41, 5.74) is 10.1. The molecule has 0 amide bonds. The van der Waals surface area contributed by atoms with Gasteiger partial charge in [0.05, 0.1) is 12.2 Å². The Kier molecular flexibility index (Phi) is 6.86. The summed E-state index contributed by atoms with van der Waals surface area (Å²) in [6.07, 6.45) is 9.47. The maximum Gasteiger partial charge on any atom is 0.193 e. The molecule has 1 aliphatic heterocycles. The maximum atomic E-state index is 13.8. The predicted molar refractivity (Wildman–Crippen MR) is 166 cm³/mol. The molecule has 226 valence electrons. The number of aryl methyl sites for hydroxylation is 2. The summed E-state index contributed by atoms with van der Waals surface area (Å²) in [5.74, 6) is 0.0519. The minimum Gasteiger partial charge on any atom is -0.399 e. The Bertz CT molecular complexity index is 1510. The van der Waals surface area contributed by atoms with Crippen LogP contribution in [0.4, 0.5) is 5.69 Å². The average Bonchev–Trinajstić information content (AvgIpc) is 3.49. The van der Waals surface area contributed by atoms with Gasteiger partial charge in [0.15, 0.2) is 17.7 Å². The quantitative estimate of drug-likeness (QED) is 0.382. The molecule has 0 unspecified atom stereocenters. The monoisotopic (exact) mass is 581 g/mol. The minimum absolute atomic E-state index is 0.0469. The zero-order valence-electron chi connectivity index (χ0n) is 25.2. The molecule has 4 fully saturated rings. The van der Waals surface area contributed by atoms with Crippen LogP contribution in [0, 0.1) is 28.6 Å². The average molecular weight is 582 g/mol. The SMILES string of the molecule is C=C1C=C[C@@]2(C)C(=C1)CC[C@@H]1[C@@H]2[C@@H](O)C[C@@]2(C)[C@H]1C[C@H]1O[C@H](c3ccc(CCc4cccc(N)c4)cc3)O[C@]12C(=O)CO. The first-order chi connectivity index (χ1) is 20.6. The number of hydrogen-bond donors (Lipinski definition) is 3. The largest absolute Gasteiger partial charge is 0.399 e. The zero-order valence-corrected chi connectivity index (χ0v) is 25.2. The van der Waals surface area contributed by atoms with Crippen LogP contribution in [0.3, 0.4) is 0 Å². The summed E-state index contributed by atoms with van der Waals surface area (Å²) in [7, 11) is 0. The van der Waals surface area contributed by atoms with Crippen molar-refractivity contribution < 1.29 is 24.5 Å². The summed E-state index contributed by atoms with van der Waals surface area (Å²) < 4.78 is 13.4. The third-order valence-electron chi connectivity index (χ3n) is 11.8. The number of ketones is 1. The lowest BCUT2D eigenvalue weighted by atomic mass is 9.46. The number of aliphatic hydroxyl groups is 2. The van der Waals surface area contributed by atoms with Crippen LogP contribution in [0.5, 0.6) is 0 Å². The van der Waals surface area contributed by atoms with E-state index in [4.69, 9.17) is 15.2 Å². The molecule has 6 heteroatoms. The van der Waals surface area contributed by atoms with Crippen LogP contribution in [0.2, 0.25) is 0 Å². The highest BCUT2D eigenvalue weighted by Crippen LogP contribution is 2.70. The van der Waals surface area contributed by atoms with E-state index in [1.54, 1.807) is 0 Å². The van der Waals surface area contributed by atoms with Crippen molar-refractivity contribution in [2.75, 3.05) is 12.3 Å². The van der Waals surface area contributed by atoms with Gasteiger partial charge in [-0.15, -0.1) is 0 Å². The van der Waals surface area contributed by atoms with Crippen molar-refractivity contribution in [2.45, 2.75) is 76.5 Å². The molecule has 0 radical (unpaired) electrons. The molecule has 1 saturated heterocycles. The number of aliphatic hydroxyl groups excluding tert-OH is 2. The van der Waals surface area contributed by atoms with Gasteiger partial charge in [-0.1, -0.05) is 80.6 Å². The third kappa shape index (κ3) is 4.25. The number of nitrogens with two attached hydrogens (primary N) is 1. The zero-order chi connectivity index (χ0) is 30.1.